The van der Waals surface area contributed by atoms with E-state index in [0.29, 0.717) is 5.88 Å². The first-order valence-electron chi connectivity index (χ1n) is 6.32. The standard InChI is InChI=1S/C14H20N2O2/c1-15-12(13-5-3-4-8-18-13)9-11-6-7-14(17-2)16-10-11/h5-7,10,12,15H,3-4,8-9H2,1-2H3. The summed E-state index contributed by atoms with van der Waals surface area (Å²) in [5, 5.41) is 3.30. The maximum Gasteiger partial charge on any atom is 0.212 e. The summed E-state index contributed by atoms with van der Waals surface area (Å²) < 4.78 is 10.8. The number of nitrogens with one attached hydrogen (secondary N) is 1. The van der Waals surface area contributed by atoms with E-state index in [0.717, 1.165) is 31.6 Å². The lowest BCUT2D eigenvalue weighted by Gasteiger charge is -2.23. The van der Waals surface area contributed by atoms with Gasteiger partial charge in [-0.2, -0.15) is 0 Å². The average molecular weight is 248 g/mol. The SMILES string of the molecule is CNC(Cc1ccc(OC)nc1)C1=CCCCO1. The lowest BCUT2D eigenvalue weighted by Crippen LogP contribution is -2.32. The van der Waals surface area contributed by atoms with Gasteiger partial charge in [-0.25, -0.2) is 4.98 Å². The van der Waals surface area contributed by atoms with Crippen LogP contribution in [-0.2, 0) is 11.2 Å². The van der Waals surface area contributed by atoms with Crippen molar-refractivity contribution in [3.05, 3.63) is 35.7 Å². The Hall–Kier alpha value is -1.55. The van der Waals surface area contributed by atoms with Gasteiger partial charge in [0.2, 0.25) is 5.88 Å². The molecule has 1 atom stereocenters. The van der Waals surface area contributed by atoms with Crippen molar-refractivity contribution < 1.29 is 9.47 Å². The molecule has 4 heteroatoms. The highest BCUT2D eigenvalue weighted by molar-refractivity contribution is 5.21. The van der Waals surface area contributed by atoms with Crippen molar-refractivity contribution in [2.75, 3.05) is 20.8 Å². The third-order valence-corrected chi connectivity index (χ3v) is 3.10. The van der Waals surface area contributed by atoms with E-state index in [4.69, 9.17) is 9.47 Å². The van der Waals surface area contributed by atoms with Gasteiger partial charge >= 0.3 is 0 Å². The maximum absolute atomic E-state index is 5.70. The molecule has 1 aliphatic heterocycles. The molecule has 0 spiro atoms. The van der Waals surface area contributed by atoms with Crippen molar-refractivity contribution in [2.24, 2.45) is 0 Å². The van der Waals surface area contributed by atoms with Crippen molar-refractivity contribution in [3.8, 4) is 5.88 Å². The fraction of sp³-hybridized carbons (Fsp3) is 0.500. The largest absolute Gasteiger partial charge is 0.497 e. The Morgan fingerprint density at radius 1 is 1.50 bits per heavy atom. The van der Waals surface area contributed by atoms with Crippen molar-refractivity contribution >= 4 is 0 Å². The number of ether oxygens (including phenoxy) is 2. The molecule has 1 aromatic heterocycles. The molecule has 98 valence electrons. The van der Waals surface area contributed by atoms with Crippen molar-refractivity contribution in [1.29, 1.82) is 0 Å². The van der Waals surface area contributed by atoms with Crippen LogP contribution < -0.4 is 10.1 Å². The smallest absolute Gasteiger partial charge is 0.212 e. The van der Waals surface area contributed by atoms with Gasteiger partial charge in [-0.05, 0) is 37.9 Å². The topological polar surface area (TPSA) is 43.4 Å². The van der Waals surface area contributed by atoms with Gasteiger partial charge in [0, 0.05) is 12.3 Å². The normalized spacial score (nSPS) is 16.7. The summed E-state index contributed by atoms with van der Waals surface area (Å²) in [5.41, 5.74) is 1.17. The van der Waals surface area contributed by atoms with Crippen molar-refractivity contribution in [2.45, 2.75) is 25.3 Å². The first-order valence-corrected chi connectivity index (χ1v) is 6.32. The highest BCUT2D eigenvalue weighted by atomic mass is 16.5. The number of aromatic nitrogens is 1. The highest BCUT2D eigenvalue weighted by Gasteiger charge is 2.16. The minimum Gasteiger partial charge on any atom is -0.497 e. The van der Waals surface area contributed by atoms with E-state index in [1.54, 1.807) is 7.11 Å². The fourth-order valence-corrected chi connectivity index (χ4v) is 2.05. The molecule has 0 aliphatic carbocycles. The van der Waals surface area contributed by atoms with E-state index in [1.807, 2.05) is 25.4 Å². The second-order valence-electron chi connectivity index (χ2n) is 4.35. The van der Waals surface area contributed by atoms with E-state index in [2.05, 4.69) is 16.4 Å². The minimum absolute atomic E-state index is 0.223. The van der Waals surface area contributed by atoms with Crippen LogP contribution in [0.2, 0.25) is 0 Å². The number of rotatable bonds is 5. The predicted molar refractivity (Wildman–Crippen MR) is 70.6 cm³/mol. The summed E-state index contributed by atoms with van der Waals surface area (Å²) in [6.07, 6.45) is 7.13. The number of allylic oxidation sites excluding steroid dienone is 1. The molecule has 0 saturated heterocycles. The van der Waals surface area contributed by atoms with Crippen LogP contribution in [-0.4, -0.2) is 31.8 Å². The van der Waals surface area contributed by atoms with Crippen LogP contribution in [0.3, 0.4) is 0 Å². The van der Waals surface area contributed by atoms with E-state index in [9.17, 15) is 0 Å². The summed E-state index contributed by atoms with van der Waals surface area (Å²) in [7, 11) is 3.58. The summed E-state index contributed by atoms with van der Waals surface area (Å²) in [5.74, 6) is 1.70. The molecule has 0 fully saturated rings. The number of likely N-dealkylation sites (N-methyl/N-ethyl adjacent to an activating group) is 1. The minimum atomic E-state index is 0.223. The van der Waals surface area contributed by atoms with Crippen LogP contribution >= 0.6 is 0 Å². The molecular formula is C14H20N2O2. The zero-order valence-electron chi connectivity index (χ0n) is 11.0. The Bertz CT molecular complexity index is 401. The van der Waals surface area contributed by atoms with Crippen LogP contribution in [0.1, 0.15) is 18.4 Å². The highest BCUT2D eigenvalue weighted by Crippen LogP contribution is 2.17. The van der Waals surface area contributed by atoms with E-state index in [-0.39, 0.29) is 6.04 Å². The zero-order valence-corrected chi connectivity index (χ0v) is 11.0. The molecule has 1 unspecified atom stereocenters. The Labute approximate surface area is 108 Å². The third kappa shape index (κ3) is 3.23. The molecule has 1 aromatic rings. The zero-order chi connectivity index (χ0) is 12.8. The first kappa shape index (κ1) is 12.9. The number of methoxy groups -OCH3 is 1. The van der Waals surface area contributed by atoms with Gasteiger partial charge in [0.25, 0.3) is 0 Å². The first-order chi connectivity index (χ1) is 8.83. The van der Waals surface area contributed by atoms with Gasteiger partial charge in [0.05, 0.1) is 19.8 Å². The Morgan fingerprint density at radius 2 is 2.39 bits per heavy atom. The number of hydrogen-bond donors (Lipinski definition) is 1. The fourth-order valence-electron chi connectivity index (χ4n) is 2.05. The van der Waals surface area contributed by atoms with Crippen LogP contribution in [0.5, 0.6) is 5.88 Å². The summed E-state index contributed by atoms with van der Waals surface area (Å²) in [6.45, 7) is 0.824. The van der Waals surface area contributed by atoms with Crippen LogP contribution in [0.25, 0.3) is 0 Å². The molecule has 0 radical (unpaired) electrons. The molecule has 0 amide bonds. The molecule has 2 rings (SSSR count). The van der Waals surface area contributed by atoms with Gasteiger partial charge in [-0.1, -0.05) is 6.07 Å². The summed E-state index contributed by atoms with van der Waals surface area (Å²) in [6, 6.07) is 4.15. The van der Waals surface area contributed by atoms with Crippen molar-refractivity contribution in [1.82, 2.24) is 10.3 Å². The lowest BCUT2D eigenvalue weighted by molar-refractivity contribution is 0.169. The van der Waals surface area contributed by atoms with Gasteiger partial charge in [0.1, 0.15) is 5.76 Å². The van der Waals surface area contributed by atoms with E-state index < -0.39 is 0 Å². The second kappa shape index (κ2) is 6.40. The van der Waals surface area contributed by atoms with Gasteiger partial charge in [0.15, 0.2) is 0 Å². The van der Waals surface area contributed by atoms with E-state index in [1.165, 1.54) is 5.56 Å². The molecular weight excluding hydrogens is 228 g/mol. The maximum atomic E-state index is 5.70. The monoisotopic (exact) mass is 248 g/mol. The number of nitrogens with zero attached hydrogens (tertiary/aromatic N) is 1. The molecule has 0 saturated carbocycles. The molecule has 1 N–H and O–H groups in total. The number of pyridine rings is 1. The molecule has 0 aromatic carbocycles. The molecule has 4 nitrogen and oxygen atoms in total. The number of hydrogen-bond acceptors (Lipinski definition) is 4. The Morgan fingerprint density at radius 3 is 2.94 bits per heavy atom. The molecule has 18 heavy (non-hydrogen) atoms. The Kier molecular flexibility index (Phi) is 4.59. The predicted octanol–water partition coefficient (Wildman–Crippen LogP) is 1.91. The van der Waals surface area contributed by atoms with Crippen LogP contribution in [0.15, 0.2) is 30.2 Å². The molecule has 2 heterocycles. The van der Waals surface area contributed by atoms with E-state index >= 15 is 0 Å². The van der Waals surface area contributed by atoms with Crippen molar-refractivity contribution in [3.63, 3.8) is 0 Å². The van der Waals surface area contributed by atoms with Gasteiger partial charge < -0.3 is 14.8 Å². The quantitative estimate of drug-likeness (QED) is 0.864. The van der Waals surface area contributed by atoms with Crippen LogP contribution in [0, 0.1) is 0 Å². The van der Waals surface area contributed by atoms with Gasteiger partial charge in [-0.3, -0.25) is 0 Å². The third-order valence-electron chi connectivity index (χ3n) is 3.10. The molecule has 1 aliphatic rings. The Balaban J connectivity index is 2.02. The summed E-state index contributed by atoms with van der Waals surface area (Å²) in [4.78, 5) is 4.22. The average Bonchev–Trinajstić information content (AvgIpc) is 2.46. The van der Waals surface area contributed by atoms with Crippen LogP contribution in [0.4, 0.5) is 0 Å². The molecule has 0 bridgehead atoms. The second-order valence-corrected chi connectivity index (χ2v) is 4.35. The lowest BCUT2D eigenvalue weighted by atomic mass is 10.0. The summed E-state index contributed by atoms with van der Waals surface area (Å²) >= 11 is 0. The van der Waals surface area contributed by atoms with Gasteiger partial charge in [-0.15, -0.1) is 0 Å².